The second-order valence-corrected chi connectivity index (χ2v) is 5.17. The summed E-state index contributed by atoms with van der Waals surface area (Å²) < 4.78 is 1.39. The fraction of sp³-hybridized carbons (Fsp3) is 0.500. The molecule has 2 amide bonds. The number of hydrogen-bond acceptors (Lipinski definition) is 4. The highest BCUT2D eigenvalue weighted by atomic mass is 16.2. The molecule has 1 saturated heterocycles. The number of hydrogen-bond donors (Lipinski definition) is 0. The molecule has 5 rings (SSSR count). The second-order valence-electron chi connectivity index (χ2n) is 5.17. The minimum absolute atomic E-state index is 0.108. The summed E-state index contributed by atoms with van der Waals surface area (Å²) >= 11 is 0. The maximum atomic E-state index is 12.4. The largest absolute Gasteiger partial charge is 0.272 e. The fourth-order valence-corrected chi connectivity index (χ4v) is 3.58. The molecule has 1 aromatic rings. The average Bonchev–Trinajstić information content (AvgIpc) is 3.00. The van der Waals surface area contributed by atoms with Crippen molar-refractivity contribution < 1.29 is 9.59 Å². The molecule has 1 aromatic heterocycles. The van der Waals surface area contributed by atoms with Crippen LogP contribution in [0.25, 0.3) is 0 Å². The van der Waals surface area contributed by atoms with Crippen LogP contribution in [-0.4, -0.2) is 26.7 Å². The van der Waals surface area contributed by atoms with Crippen LogP contribution in [-0.2, 0) is 9.59 Å². The van der Waals surface area contributed by atoms with Crippen molar-refractivity contribution in [2.45, 2.75) is 12.8 Å². The van der Waals surface area contributed by atoms with Gasteiger partial charge in [-0.05, 0) is 24.7 Å². The third kappa shape index (κ3) is 1.07. The highest BCUT2D eigenvalue weighted by Crippen LogP contribution is 2.48. The smallest absolute Gasteiger partial charge is 0.253 e. The van der Waals surface area contributed by atoms with E-state index in [1.165, 1.54) is 22.3 Å². The van der Waals surface area contributed by atoms with Crippen LogP contribution < -0.4 is 5.01 Å². The van der Waals surface area contributed by atoms with Gasteiger partial charge in [0.2, 0.25) is 0 Å². The van der Waals surface area contributed by atoms with Gasteiger partial charge in [-0.25, -0.2) is 4.68 Å². The Kier molecular flexibility index (Phi) is 1.82. The maximum Gasteiger partial charge on any atom is 0.253 e. The van der Waals surface area contributed by atoms with E-state index in [0.29, 0.717) is 0 Å². The molecule has 2 fully saturated rings. The lowest BCUT2D eigenvalue weighted by molar-refractivity contribution is -0.125. The van der Waals surface area contributed by atoms with Crippen LogP contribution >= 0.6 is 0 Å². The Morgan fingerprint density at radius 3 is 1.89 bits per heavy atom. The first kappa shape index (κ1) is 9.99. The van der Waals surface area contributed by atoms with E-state index < -0.39 is 0 Å². The van der Waals surface area contributed by atoms with Gasteiger partial charge in [-0.2, -0.15) is 5.01 Å². The van der Waals surface area contributed by atoms with Crippen molar-refractivity contribution in [2.75, 3.05) is 5.01 Å². The molecule has 4 atom stereocenters. The van der Waals surface area contributed by atoms with Gasteiger partial charge < -0.3 is 0 Å². The van der Waals surface area contributed by atoms with Gasteiger partial charge in [-0.3, -0.25) is 9.59 Å². The molecule has 1 aliphatic heterocycles. The molecule has 0 unspecified atom stereocenters. The van der Waals surface area contributed by atoms with Crippen LogP contribution in [0.1, 0.15) is 12.8 Å². The molecule has 0 N–H and O–H groups in total. The van der Waals surface area contributed by atoms with Gasteiger partial charge in [0.25, 0.3) is 11.8 Å². The van der Waals surface area contributed by atoms with Crippen molar-refractivity contribution >= 4 is 11.8 Å². The van der Waals surface area contributed by atoms with E-state index in [2.05, 4.69) is 22.3 Å². The number of nitrogens with zero attached hydrogens (tertiary/aromatic N) is 4. The molecule has 1 saturated carbocycles. The lowest BCUT2D eigenvalue weighted by atomic mass is 9.63. The Bertz CT molecular complexity index is 518. The van der Waals surface area contributed by atoms with Gasteiger partial charge in [0.1, 0.15) is 12.7 Å². The molecule has 0 aromatic carbocycles. The minimum atomic E-state index is -0.177. The quantitative estimate of drug-likeness (QED) is 0.519. The Hall–Kier alpha value is -1.98. The summed E-state index contributed by atoms with van der Waals surface area (Å²) in [7, 11) is 0. The molecule has 18 heavy (non-hydrogen) atoms. The van der Waals surface area contributed by atoms with E-state index in [0.717, 1.165) is 12.8 Å². The molecule has 0 radical (unpaired) electrons. The first-order valence-electron chi connectivity index (χ1n) is 6.18. The summed E-state index contributed by atoms with van der Waals surface area (Å²) in [5, 5.41) is 8.52. The number of amides is 2. The van der Waals surface area contributed by atoms with Crippen molar-refractivity contribution in [2.24, 2.45) is 23.7 Å². The monoisotopic (exact) mass is 244 g/mol. The Balaban J connectivity index is 1.79. The fourth-order valence-electron chi connectivity index (χ4n) is 3.58. The van der Waals surface area contributed by atoms with E-state index in [-0.39, 0.29) is 35.5 Å². The number of imide groups is 1. The summed E-state index contributed by atoms with van der Waals surface area (Å²) in [6.07, 6.45) is 9.02. The number of carbonyl (C=O) groups excluding carboxylic acids is 2. The van der Waals surface area contributed by atoms with Crippen LogP contribution in [0.4, 0.5) is 0 Å². The highest BCUT2D eigenvalue weighted by Gasteiger charge is 2.57. The third-order valence-electron chi connectivity index (χ3n) is 4.37. The lowest BCUT2D eigenvalue weighted by Gasteiger charge is -2.37. The number of fused-ring (bicyclic) bond motifs is 1. The molecular weight excluding hydrogens is 232 g/mol. The number of rotatable bonds is 1. The first-order chi connectivity index (χ1) is 8.77. The summed E-state index contributed by atoms with van der Waals surface area (Å²) in [5.74, 6) is -0.129. The van der Waals surface area contributed by atoms with Gasteiger partial charge in [0.05, 0.1) is 11.8 Å². The highest BCUT2D eigenvalue weighted by molar-refractivity contribution is 6.17. The van der Waals surface area contributed by atoms with Crippen molar-refractivity contribution in [3.63, 3.8) is 0 Å². The van der Waals surface area contributed by atoms with Crippen molar-refractivity contribution in [1.29, 1.82) is 0 Å². The Morgan fingerprint density at radius 1 is 0.944 bits per heavy atom. The van der Waals surface area contributed by atoms with Gasteiger partial charge in [0.15, 0.2) is 0 Å². The van der Waals surface area contributed by atoms with Crippen LogP contribution in [0.3, 0.4) is 0 Å². The molecular formula is C12H12N4O2. The summed E-state index contributed by atoms with van der Waals surface area (Å²) in [4.78, 5) is 24.9. The SMILES string of the molecule is O=C1[C@@H]2[C@H](C(=O)N1n1cnnc1)[C@H]1C=C[C@H]2CC1. The third-order valence-corrected chi connectivity index (χ3v) is 4.37. The molecule has 6 heteroatoms. The number of carbonyl (C=O) groups is 2. The van der Waals surface area contributed by atoms with Gasteiger partial charge in [-0.15, -0.1) is 10.2 Å². The minimum Gasteiger partial charge on any atom is -0.272 e. The molecule has 6 nitrogen and oxygen atoms in total. The van der Waals surface area contributed by atoms with Crippen molar-refractivity contribution in [1.82, 2.24) is 14.9 Å². The van der Waals surface area contributed by atoms with Crippen LogP contribution in [0.5, 0.6) is 0 Å². The number of aromatic nitrogens is 3. The molecule has 3 aliphatic carbocycles. The van der Waals surface area contributed by atoms with E-state index in [9.17, 15) is 9.59 Å². The topological polar surface area (TPSA) is 68.1 Å². The summed E-state index contributed by atoms with van der Waals surface area (Å²) in [5.41, 5.74) is 0. The average molecular weight is 244 g/mol. The normalized spacial score (nSPS) is 37.4. The van der Waals surface area contributed by atoms with Crippen LogP contribution in [0.15, 0.2) is 24.8 Å². The van der Waals surface area contributed by atoms with E-state index in [4.69, 9.17) is 0 Å². The van der Waals surface area contributed by atoms with Gasteiger partial charge >= 0.3 is 0 Å². The lowest BCUT2D eigenvalue weighted by Crippen LogP contribution is -2.40. The predicted molar refractivity (Wildman–Crippen MR) is 60.6 cm³/mol. The standard InChI is InChI=1S/C12H12N4O2/c17-11-9-7-1-2-8(4-3-7)10(9)12(18)16(11)15-5-13-14-6-15/h1-2,5-10H,3-4H2/t7-,8-,9-,10+/m0/s1. The molecule has 0 spiro atoms. The summed E-state index contributed by atoms with van der Waals surface area (Å²) in [6, 6.07) is 0. The van der Waals surface area contributed by atoms with E-state index in [1.807, 2.05) is 0 Å². The molecule has 4 aliphatic rings. The molecule has 2 heterocycles. The zero-order valence-electron chi connectivity index (χ0n) is 9.64. The summed E-state index contributed by atoms with van der Waals surface area (Å²) in [6.45, 7) is 0. The Labute approximate surface area is 103 Å². The zero-order chi connectivity index (χ0) is 12.3. The Morgan fingerprint density at radius 2 is 1.44 bits per heavy atom. The van der Waals surface area contributed by atoms with Gasteiger partial charge in [-0.1, -0.05) is 12.2 Å². The van der Waals surface area contributed by atoms with Crippen molar-refractivity contribution in [3.8, 4) is 0 Å². The van der Waals surface area contributed by atoms with Gasteiger partial charge in [0, 0.05) is 0 Å². The van der Waals surface area contributed by atoms with E-state index in [1.54, 1.807) is 0 Å². The zero-order valence-corrected chi connectivity index (χ0v) is 9.64. The van der Waals surface area contributed by atoms with Crippen LogP contribution in [0, 0.1) is 23.7 Å². The maximum absolute atomic E-state index is 12.4. The predicted octanol–water partition coefficient (Wildman–Crippen LogP) is 0.111. The second kappa shape index (κ2) is 3.28. The van der Waals surface area contributed by atoms with E-state index >= 15 is 0 Å². The molecule has 2 bridgehead atoms. The first-order valence-corrected chi connectivity index (χ1v) is 6.18. The van der Waals surface area contributed by atoms with Crippen LogP contribution in [0.2, 0.25) is 0 Å². The van der Waals surface area contributed by atoms with Crippen molar-refractivity contribution in [3.05, 3.63) is 24.8 Å². The number of allylic oxidation sites excluding steroid dienone is 2. The molecule has 92 valence electrons.